The van der Waals surface area contributed by atoms with Crippen LogP contribution in [-0.4, -0.2) is 41.2 Å². The van der Waals surface area contributed by atoms with E-state index >= 15 is 0 Å². The molecule has 0 spiro atoms. The van der Waals surface area contributed by atoms with Crippen molar-refractivity contribution in [3.8, 4) is 11.5 Å². The molecule has 0 radical (unpaired) electrons. The lowest BCUT2D eigenvalue weighted by atomic mass is 10.1. The van der Waals surface area contributed by atoms with Gasteiger partial charge in [-0.1, -0.05) is 54.6 Å². The molecular weight excluding hydrogens is 462 g/mol. The second-order valence-electron chi connectivity index (χ2n) is 8.41. The summed E-state index contributed by atoms with van der Waals surface area (Å²) in [4.78, 5) is 29.7. The number of carbonyl (C=O) groups is 2. The van der Waals surface area contributed by atoms with Gasteiger partial charge in [0.2, 0.25) is 12.7 Å². The largest absolute Gasteiger partial charge is 0.454 e. The highest BCUT2D eigenvalue weighted by atomic mass is 32.1. The van der Waals surface area contributed by atoms with Crippen molar-refractivity contribution in [3.63, 3.8) is 0 Å². The second kappa shape index (κ2) is 10.1. The monoisotopic (exact) mass is 487 g/mol. The Labute approximate surface area is 209 Å². The lowest BCUT2D eigenvalue weighted by molar-refractivity contribution is -0.127. The first-order chi connectivity index (χ1) is 17.1. The quantitative estimate of drug-likeness (QED) is 0.489. The maximum absolute atomic E-state index is 13.5. The molecule has 5 rings (SSSR count). The van der Waals surface area contributed by atoms with Gasteiger partial charge in [0.05, 0.1) is 12.1 Å². The Morgan fingerprint density at radius 1 is 0.943 bits per heavy atom. The molecule has 0 bridgehead atoms. The Hall–Kier alpha value is -3.91. The Balaban J connectivity index is 1.32. The Morgan fingerprint density at radius 3 is 2.43 bits per heavy atom. The molecule has 1 N–H and O–H groups in total. The third-order valence-corrected chi connectivity index (χ3v) is 6.50. The number of ether oxygens (including phenoxy) is 2. The van der Waals surface area contributed by atoms with Crippen molar-refractivity contribution in [1.82, 2.24) is 10.2 Å². The molecule has 2 amide bonds. The lowest BCUT2D eigenvalue weighted by Crippen LogP contribution is -2.39. The fourth-order valence-electron chi connectivity index (χ4n) is 4.30. The van der Waals surface area contributed by atoms with E-state index in [4.69, 9.17) is 21.7 Å². The molecule has 1 atom stereocenters. The van der Waals surface area contributed by atoms with Crippen LogP contribution in [-0.2, 0) is 22.6 Å². The lowest BCUT2D eigenvalue weighted by Gasteiger charge is -2.24. The van der Waals surface area contributed by atoms with Gasteiger partial charge in [-0.2, -0.15) is 0 Å². The zero-order valence-corrected chi connectivity index (χ0v) is 19.9. The van der Waals surface area contributed by atoms with Crippen molar-refractivity contribution in [3.05, 3.63) is 90.0 Å². The summed E-state index contributed by atoms with van der Waals surface area (Å²) >= 11 is 5.74. The van der Waals surface area contributed by atoms with Gasteiger partial charge in [-0.25, -0.2) is 0 Å². The molecule has 3 aromatic carbocycles. The van der Waals surface area contributed by atoms with Crippen LogP contribution in [0.25, 0.3) is 0 Å². The number of para-hydroxylation sites is 1. The zero-order chi connectivity index (χ0) is 24.2. The van der Waals surface area contributed by atoms with E-state index in [9.17, 15) is 9.59 Å². The van der Waals surface area contributed by atoms with Crippen LogP contribution in [0.5, 0.6) is 11.5 Å². The highest BCUT2D eigenvalue weighted by Gasteiger charge is 2.44. The Bertz CT molecular complexity index is 1240. The Morgan fingerprint density at radius 2 is 1.66 bits per heavy atom. The van der Waals surface area contributed by atoms with Crippen LogP contribution in [0.2, 0.25) is 0 Å². The summed E-state index contributed by atoms with van der Waals surface area (Å²) in [7, 11) is 0. The van der Waals surface area contributed by atoms with Gasteiger partial charge >= 0.3 is 0 Å². The number of hydrogen-bond donors (Lipinski definition) is 1. The number of benzene rings is 3. The molecule has 1 unspecified atom stereocenters. The SMILES string of the molecule is O=C(CC1C(=O)N(c2ccccc2)C(=S)N1Cc1ccc2c(c1)OCO2)NCCc1ccccc1. The number of thiocarbonyl (C=S) groups is 1. The summed E-state index contributed by atoms with van der Waals surface area (Å²) in [5, 5.41) is 3.33. The van der Waals surface area contributed by atoms with Crippen LogP contribution in [0.4, 0.5) is 5.69 Å². The van der Waals surface area contributed by atoms with Crippen LogP contribution in [0.3, 0.4) is 0 Å². The van der Waals surface area contributed by atoms with Crippen molar-refractivity contribution in [2.75, 3.05) is 18.2 Å². The molecule has 1 fully saturated rings. The minimum absolute atomic E-state index is 0.0155. The predicted octanol–water partition coefficient (Wildman–Crippen LogP) is 3.67. The summed E-state index contributed by atoms with van der Waals surface area (Å²) in [5.41, 5.74) is 2.74. The topological polar surface area (TPSA) is 71.1 Å². The predicted molar refractivity (Wildman–Crippen MR) is 136 cm³/mol. The van der Waals surface area contributed by atoms with Crippen molar-refractivity contribution in [2.24, 2.45) is 0 Å². The maximum atomic E-state index is 13.5. The molecule has 0 saturated carbocycles. The van der Waals surface area contributed by atoms with E-state index in [1.807, 2.05) is 83.8 Å². The highest BCUT2D eigenvalue weighted by molar-refractivity contribution is 7.80. The minimum Gasteiger partial charge on any atom is -0.454 e. The van der Waals surface area contributed by atoms with Gasteiger partial charge in [0.1, 0.15) is 6.04 Å². The molecule has 2 aliphatic rings. The average molecular weight is 488 g/mol. The molecule has 2 heterocycles. The van der Waals surface area contributed by atoms with E-state index in [-0.39, 0.29) is 25.0 Å². The van der Waals surface area contributed by atoms with Crippen LogP contribution >= 0.6 is 12.2 Å². The molecule has 7 nitrogen and oxygen atoms in total. The van der Waals surface area contributed by atoms with E-state index < -0.39 is 6.04 Å². The van der Waals surface area contributed by atoms with Gasteiger partial charge in [-0.3, -0.25) is 14.5 Å². The van der Waals surface area contributed by atoms with Crippen molar-refractivity contribution < 1.29 is 19.1 Å². The Kier molecular flexibility index (Phi) is 6.63. The first kappa shape index (κ1) is 22.9. The van der Waals surface area contributed by atoms with Crippen LogP contribution in [0.1, 0.15) is 17.5 Å². The summed E-state index contributed by atoms with van der Waals surface area (Å²) in [6, 6.07) is 24.2. The van der Waals surface area contributed by atoms with E-state index in [0.29, 0.717) is 35.4 Å². The summed E-state index contributed by atoms with van der Waals surface area (Å²) in [6.07, 6.45) is 0.738. The number of amides is 2. The number of nitrogens with one attached hydrogen (secondary N) is 1. The molecule has 1 saturated heterocycles. The summed E-state index contributed by atoms with van der Waals surface area (Å²) < 4.78 is 10.9. The van der Waals surface area contributed by atoms with Gasteiger partial charge in [0, 0.05) is 13.1 Å². The zero-order valence-electron chi connectivity index (χ0n) is 19.1. The molecule has 2 aliphatic heterocycles. The number of fused-ring (bicyclic) bond motifs is 1. The van der Waals surface area contributed by atoms with Gasteiger partial charge < -0.3 is 19.7 Å². The van der Waals surface area contributed by atoms with Crippen molar-refractivity contribution in [2.45, 2.75) is 25.4 Å². The second-order valence-corrected chi connectivity index (χ2v) is 8.78. The molecule has 0 aromatic heterocycles. The fraction of sp³-hybridized carbons (Fsp3) is 0.222. The number of anilines is 1. The maximum Gasteiger partial charge on any atom is 0.256 e. The first-order valence-electron chi connectivity index (χ1n) is 11.5. The third-order valence-electron chi connectivity index (χ3n) is 6.08. The minimum atomic E-state index is -0.704. The third kappa shape index (κ3) is 4.97. The van der Waals surface area contributed by atoms with Gasteiger partial charge in [0.15, 0.2) is 16.6 Å². The normalized spacial score (nSPS) is 16.6. The molecule has 3 aromatic rings. The summed E-state index contributed by atoms with van der Waals surface area (Å²) in [5.74, 6) is 0.955. The van der Waals surface area contributed by atoms with E-state index in [0.717, 1.165) is 17.5 Å². The number of carbonyl (C=O) groups excluding carboxylic acids is 2. The van der Waals surface area contributed by atoms with E-state index in [1.54, 1.807) is 0 Å². The van der Waals surface area contributed by atoms with Crippen LogP contribution in [0.15, 0.2) is 78.9 Å². The molecule has 0 aliphatic carbocycles. The number of nitrogens with zero attached hydrogens (tertiary/aromatic N) is 2. The van der Waals surface area contributed by atoms with E-state index in [1.165, 1.54) is 4.90 Å². The molecule has 8 heteroatoms. The van der Waals surface area contributed by atoms with Crippen LogP contribution < -0.4 is 19.7 Å². The van der Waals surface area contributed by atoms with Crippen molar-refractivity contribution in [1.29, 1.82) is 0 Å². The van der Waals surface area contributed by atoms with Gasteiger partial charge in [-0.05, 0) is 54.0 Å². The number of rotatable bonds is 8. The average Bonchev–Trinajstić information content (AvgIpc) is 3.43. The van der Waals surface area contributed by atoms with Crippen LogP contribution in [0, 0.1) is 0 Å². The molecule has 35 heavy (non-hydrogen) atoms. The molecular formula is C27H25N3O4S. The number of hydrogen-bond acceptors (Lipinski definition) is 5. The first-order valence-corrected chi connectivity index (χ1v) is 11.9. The van der Waals surface area contributed by atoms with Gasteiger partial charge in [-0.15, -0.1) is 0 Å². The molecule has 178 valence electrons. The fourth-order valence-corrected chi connectivity index (χ4v) is 4.69. The highest BCUT2D eigenvalue weighted by Crippen LogP contribution is 2.34. The van der Waals surface area contributed by atoms with E-state index in [2.05, 4.69) is 5.32 Å². The summed E-state index contributed by atoms with van der Waals surface area (Å²) in [6.45, 7) is 1.05. The van der Waals surface area contributed by atoms with Gasteiger partial charge in [0.25, 0.3) is 5.91 Å². The standard InChI is InChI=1S/C27H25N3O4S/c31-25(28-14-13-19-7-3-1-4-8-19)16-22-26(32)30(21-9-5-2-6-10-21)27(35)29(22)17-20-11-12-23-24(15-20)34-18-33-23/h1-12,15,22H,13-14,16-18H2,(H,28,31). The van der Waals surface area contributed by atoms with Crippen molar-refractivity contribution >= 4 is 34.8 Å². The smallest absolute Gasteiger partial charge is 0.256 e.